The average Bonchev–Trinajstić information content (AvgIpc) is 3.26. The number of nitrogens with two attached hydrogens (primary N) is 1. The van der Waals surface area contributed by atoms with Crippen LogP contribution in [0.15, 0.2) is 46.0 Å². The van der Waals surface area contributed by atoms with Crippen LogP contribution in [0.1, 0.15) is 26.5 Å². The average molecular weight is 405 g/mol. The smallest absolute Gasteiger partial charge is 0.271 e. The van der Waals surface area contributed by atoms with Crippen LogP contribution in [0.5, 0.6) is 0 Å². The topological polar surface area (TPSA) is 147 Å². The Kier molecular flexibility index (Phi) is 4.97. The lowest BCUT2D eigenvalue weighted by atomic mass is 10.2. The monoisotopic (exact) mass is 405 g/mol. The van der Waals surface area contributed by atoms with Crippen LogP contribution >= 0.6 is 11.3 Å². The van der Waals surface area contributed by atoms with E-state index in [9.17, 15) is 18.0 Å². The van der Waals surface area contributed by atoms with Gasteiger partial charge in [-0.25, -0.2) is 8.42 Å². The molecule has 0 bridgehead atoms. The molecule has 1 aromatic carbocycles. The van der Waals surface area contributed by atoms with Gasteiger partial charge < -0.3 is 11.1 Å². The number of aromatic nitrogens is 2. The summed E-state index contributed by atoms with van der Waals surface area (Å²) in [4.78, 5) is 23.9. The predicted octanol–water partition coefficient (Wildman–Crippen LogP) is 1.93. The van der Waals surface area contributed by atoms with Crippen molar-refractivity contribution >= 4 is 44.5 Å². The highest BCUT2D eigenvalue weighted by Crippen LogP contribution is 2.22. The molecule has 5 N–H and O–H groups in total. The maximum absolute atomic E-state index is 12.5. The number of carbonyl (C=O) groups excluding carboxylic acids is 2. The number of anilines is 2. The number of thiophene rings is 1. The fraction of sp³-hybridized carbons (Fsp3) is 0.0625. The highest BCUT2D eigenvalue weighted by molar-refractivity contribution is 7.94. The van der Waals surface area contributed by atoms with E-state index >= 15 is 0 Å². The van der Waals surface area contributed by atoms with E-state index in [0.29, 0.717) is 5.69 Å². The molecule has 0 radical (unpaired) electrons. The first-order chi connectivity index (χ1) is 12.8. The predicted molar refractivity (Wildman–Crippen MR) is 101 cm³/mol. The van der Waals surface area contributed by atoms with Gasteiger partial charge in [0.25, 0.3) is 21.8 Å². The van der Waals surface area contributed by atoms with Gasteiger partial charge in [0.15, 0.2) is 5.69 Å². The molecule has 0 aliphatic heterocycles. The molecule has 2 heterocycles. The Bertz CT molecular complexity index is 1100. The van der Waals surface area contributed by atoms with Gasteiger partial charge >= 0.3 is 0 Å². The number of nitrogens with zero attached hydrogens (tertiary/aromatic N) is 1. The maximum atomic E-state index is 12.5. The van der Waals surface area contributed by atoms with E-state index in [0.717, 1.165) is 11.3 Å². The number of primary amides is 1. The number of nitrogens with one attached hydrogen (secondary N) is 3. The van der Waals surface area contributed by atoms with Crippen LogP contribution in [0.25, 0.3) is 0 Å². The zero-order valence-corrected chi connectivity index (χ0v) is 15.6. The zero-order chi connectivity index (χ0) is 19.6. The second-order valence-electron chi connectivity index (χ2n) is 5.51. The van der Waals surface area contributed by atoms with Gasteiger partial charge in [0.1, 0.15) is 4.21 Å². The van der Waals surface area contributed by atoms with E-state index in [1.165, 1.54) is 24.3 Å². The Labute approximate surface area is 158 Å². The Morgan fingerprint density at radius 1 is 1.22 bits per heavy atom. The number of sulfonamides is 1. The summed E-state index contributed by atoms with van der Waals surface area (Å²) < 4.78 is 27.2. The largest absolute Gasteiger partial charge is 0.364 e. The van der Waals surface area contributed by atoms with E-state index in [2.05, 4.69) is 20.2 Å². The second-order valence-corrected chi connectivity index (χ2v) is 8.37. The van der Waals surface area contributed by atoms with Crippen molar-refractivity contribution in [3.8, 4) is 0 Å². The number of carbonyl (C=O) groups is 2. The van der Waals surface area contributed by atoms with Crippen molar-refractivity contribution in [3.05, 3.63) is 58.7 Å². The third-order valence-corrected chi connectivity index (χ3v) is 6.33. The van der Waals surface area contributed by atoms with Gasteiger partial charge in [0, 0.05) is 11.3 Å². The molecule has 9 nitrogen and oxygen atoms in total. The van der Waals surface area contributed by atoms with Crippen molar-refractivity contribution in [1.82, 2.24) is 10.2 Å². The fourth-order valence-corrected chi connectivity index (χ4v) is 4.33. The molecule has 0 atom stereocenters. The standard InChI is InChI=1S/C16H15N5O4S2/c1-9-13(14(15(17)22)20-19-9)18-16(23)10-4-2-5-11(8-10)21-27(24,25)12-6-3-7-26-12/h2-8,21H,1H3,(H2,17,22)(H,18,23)(H,19,20). The summed E-state index contributed by atoms with van der Waals surface area (Å²) in [5, 5.41) is 10.5. The van der Waals surface area contributed by atoms with E-state index < -0.39 is 21.8 Å². The van der Waals surface area contributed by atoms with Crippen LogP contribution < -0.4 is 15.8 Å². The Morgan fingerprint density at radius 2 is 2.00 bits per heavy atom. The molecule has 140 valence electrons. The van der Waals surface area contributed by atoms with E-state index in [1.54, 1.807) is 24.4 Å². The van der Waals surface area contributed by atoms with Crippen LogP contribution in [0, 0.1) is 6.92 Å². The molecule has 3 aromatic rings. The van der Waals surface area contributed by atoms with Crippen molar-refractivity contribution in [3.63, 3.8) is 0 Å². The van der Waals surface area contributed by atoms with E-state index in [1.807, 2.05) is 0 Å². The Morgan fingerprint density at radius 3 is 2.67 bits per heavy atom. The summed E-state index contributed by atoms with van der Waals surface area (Å²) in [6, 6.07) is 9.08. The van der Waals surface area contributed by atoms with Crippen LogP contribution in [-0.2, 0) is 10.0 Å². The second kappa shape index (κ2) is 7.21. The minimum atomic E-state index is -3.73. The third-order valence-electron chi connectivity index (χ3n) is 3.56. The Balaban J connectivity index is 1.83. The first-order valence-corrected chi connectivity index (χ1v) is 9.97. The molecule has 27 heavy (non-hydrogen) atoms. The summed E-state index contributed by atoms with van der Waals surface area (Å²) in [5.41, 5.74) is 6.21. The third kappa shape index (κ3) is 3.99. The lowest BCUT2D eigenvalue weighted by Crippen LogP contribution is -2.18. The highest BCUT2D eigenvalue weighted by Gasteiger charge is 2.19. The van der Waals surface area contributed by atoms with Crippen LogP contribution in [0.4, 0.5) is 11.4 Å². The molecule has 0 aliphatic carbocycles. The molecule has 0 fully saturated rings. The van der Waals surface area contributed by atoms with Crippen molar-refractivity contribution in [2.24, 2.45) is 5.73 Å². The summed E-state index contributed by atoms with van der Waals surface area (Å²) in [6.07, 6.45) is 0. The summed E-state index contributed by atoms with van der Waals surface area (Å²) in [7, 11) is -3.73. The molecule has 2 aromatic heterocycles. The van der Waals surface area contributed by atoms with Crippen molar-refractivity contribution in [2.45, 2.75) is 11.1 Å². The lowest BCUT2D eigenvalue weighted by molar-refractivity contribution is 0.0996. The molecule has 0 saturated carbocycles. The van der Waals surface area contributed by atoms with Gasteiger partial charge in [-0.15, -0.1) is 11.3 Å². The first kappa shape index (κ1) is 18.6. The normalized spacial score (nSPS) is 11.1. The number of H-pyrrole nitrogens is 1. The van der Waals surface area contributed by atoms with E-state index in [-0.39, 0.29) is 26.8 Å². The van der Waals surface area contributed by atoms with Gasteiger partial charge in [-0.05, 0) is 36.6 Å². The lowest BCUT2D eigenvalue weighted by Gasteiger charge is -2.09. The van der Waals surface area contributed by atoms with Gasteiger partial charge in [-0.3, -0.25) is 19.4 Å². The Hall–Kier alpha value is -3.18. The molecular formula is C16H15N5O4S2. The highest BCUT2D eigenvalue weighted by atomic mass is 32.2. The molecule has 11 heteroatoms. The van der Waals surface area contributed by atoms with Crippen LogP contribution in [0.2, 0.25) is 0 Å². The molecule has 0 spiro atoms. The van der Waals surface area contributed by atoms with Gasteiger partial charge in [-0.1, -0.05) is 12.1 Å². The minimum Gasteiger partial charge on any atom is -0.364 e. The number of benzene rings is 1. The van der Waals surface area contributed by atoms with Gasteiger partial charge in [0.2, 0.25) is 0 Å². The summed E-state index contributed by atoms with van der Waals surface area (Å²) in [5.74, 6) is -1.33. The van der Waals surface area contributed by atoms with E-state index in [4.69, 9.17) is 5.73 Å². The number of aromatic amines is 1. The number of aryl methyl sites for hydroxylation is 1. The summed E-state index contributed by atoms with van der Waals surface area (Å²) in [6.45, 7) is 1.63. The van der Waals surface area contributed by atoms with Crippen molar-refractivity contribution < 1.29 is 18.0 Å². The number of rotatable bonds is 6. The fourth-order valence-electron chi connectivity index (χ4n) is 2.29. The maximum Gasteiger partial charge on any atom is 0.271 e. The van der Waals surface area contributed by atoms with Gasteiger partial charge in [0.05, 0.1) is 11.4 Å². The molecule has 2 amide bonds. The molecular weight excluding hydrogens is 390 g/mol. The van der Waals surface area contributed by atoms with Gasteiger partial charge in [-0.2, -0.15) is 5.10 Å². The van der Waals surface area contributed by atoms with Crippen molar-refractivity contribution in [1.29, 1.82) is 0 Å². The molecule has 0 unspecified atom stereocenters. The van der Waals surface area contributed by atoms with Crippen molar-refractivity contribution in [2.75, 3.05) is 10.0 Å². The SMILES string of the molecule is Cc1[nH]nc(C(N)=O)c1NC(=O)c1cccc(NS(=O)(=O)c2cccs2)c1. The van der Waals surface area contributed by atoms with Crippen LogP contribution in [0.3, 0.4) is 0 Å². The van der Waals surface area contributed by atoms with Crippen LogP contribution in [-0.4, -0.2) is 30.4 Å². The first-order valence-electron chi connectivity index (χ1n) is 7.60. The summed E-state index contributed by atoms with van der Waals surface area (Å²) >= 11 is 1.08. The quantitative estimate of drug-likeness (QED) is 0.495. The number of amides is 2. The molecule has 0 aliphatic rings. The number of hydrogen-bond acceptors (Lipinski definition) is 6. The zero-order valence-electron chi connectivity index (χ0n) is 14.0. The minimum absolute atomic E-state index is 0.0876. The number of hydrogen-bond donors (Lipinski definition) is 4. The molecule has 3 rings (SSSR count). The molecule has 0 saturated heterocycles.